The molecule has 4 atom stereocenters. The first-order valence-electron chi connectivity index (χ1n) is 9.77. The summed E-state index contributed by atoms with van der Waals surface area (Å²) in [5, 5.41) is 35.3. The molecule has 0 aliphatic carbocycles. The standard InChI is InChI=1S/C21H22ClN3O5S/c22-12-10-31-17-7-14(23-18(12)17)20(29)24-13(6-11-4-2-1-3-5-11)19(28)21(30)25-8-15(26)16(27)9-25/h1-5,7,10,13,15-16,19,23,26-28H,6,8-9H2,(H,24,29)/t13-,15-,16+,19?/m0/s1. The maximum atomic E-state index is 12.9. The van der Waals surface area contributed by atoms with Gasteiger partial charge in [0.1, 0.15) is 5.69 Å². The molecule has 2 aromatic heterocycles. The summed E-state index contributed by atoms with van der Waals surface area (Å²) in [5.41, 5.74) is 1.76. The molecule has 3 aromatic rings. The molecule has 1 unspecified atom stereocenters. The van der Waals surface area contributed by atoms with E-state index in [-0.39, 0.29) is 25.2 Å². The van der Waals surface area contributed by atoms with E-state index < -0.39 is 36.2 Å². The van der Waals surface area contributed by atoms with Gasteiger partial charge in [0, 0.05) is 18.5 Å². The van der Waals surface area contributed by atoms with Gasteiger partial charge in [-0.05, 0) is 18.1 Å². The van der Waals surface area contributed by atoms with Crippen molar-refractivity contribution in [1.82, 2.24) is 15.2 Å². The lowest BCUT2D eigenvalue weighted by atomic mass is 10.00. The van der Waals surface area contributed by atoms with E-state index in [2.05, 4.69) is 10.3 Å². The number of hydrogen-bond donors (Lipinski definition) is 5. The number of nitrogens with one attached hydrogen (secondary N) is 2. The van der Waals surface area contributed by atoms with E-state index >= 15 is 0 Å². The van der Waals surface area contributed by atoms with E-state index in [1.165, 1.54) is 16.2 Å². The van der Waals surface area contributed by atoms with Crippen LogP contribution in [0.3, 0.4) is 0 Å². The van der Waals surface area contributed by atoms with Crippen LogP contribution in [0, 0.1) is 0 Å². The third-order valence-corrected chi connectivity index (χ3v) is 6.73. The zero-order valence-corrected chi connectivity index (χ0v) is 17.9. The number of aromatic amines is 1. The predicted molar refractivity (Wildman–Crippen MR) is 117 cm³/mol. The molecule has 0 saturated carbocycles. The van der Waals surface area contributed by atoms with Gasteiger partial charge in [0.05, 0.1) is 33.5 Å². The van der Waals surface area contributed by atoms with Crippen LogP contribution >= 0.6 is 22.9 Å². The Balaban J connectivity index is 1.54. The molecule has 3 heterocycles. The van der Waals surface area contributed by atoms with Crippen LogP contribution in [-0.2, 0) is 11.2 Å². The van der Waals surface area contributed by atoms with E-state index in [0.717, 1.165) is 10.3 Å². The highest BCUT2D eigenvalue weighted by atomic mass is 35.5. The van der Waals surface area contributed by atoms with Crippen LogP contribution in [0.15, 0.2) is 41.8 Å². The SMILES string of the molecule is O=C(N[C@@H](Cc1ccccc1)C(O)C(=O)N1C[C@@H](O)[C@@H](O)C1)c1cc2scc(Cl)c2[nH]1. The fraction of sp³-hybridized carbons (Fsp3) is 0.333. The first-order valence-corrected chi connectivity index (χ1v) is 11.0. The molecule has 2 amide bonds. The van der Waals surface area contributed by atoms with Crippen molar-refractivity contribution in [3.05, 3.63) is 58.1 Å². The molecule has 0 radical (unpaired) electrons. The number of likely N-dealkylation sites (tertiary alicyclic amines) is 1. The smallest absolute Gasteiger partial charge is 0.268 e. The van der Waals surface area contributed by atoms with Crippen molar-refractivity contribution in [2.24, 2.45) is 0 Å². The number of fused-ring (bicyclic) bond motifs is 1. The molecule has 4 rings (SSSR count). The Labute approximate surface area is 187 Å². The largest absolute Gasteiger partial charge is 0.388 e. The number of nitrogens with zero attached hydrogens (tertiary/aromatic N) is 1. The van der Waals surface area contributed by atoms with Crippen molar-refractivity contribution < 1.29 is 24.9 Å². The average molecular weight is 464 g/mol. The molecule has 0 spiro atoms. The lowest BCUT2D eigenvalue weighted by Gasteiger charge is -2.27. The number of β-amino-alcohol motifs (C(OH)–C–C–N with tert-alkyl or cyclic N) is 2. The molecule has 10 heteroatoms. The summed E-state index contributed by atoms with van der Waals surface area (Å²) in [4.78, 5) is 29.9. The van der Waals surface area contributed by atoms with Crippen molar-refractivity contribution in [2.75, 3.05) is 13.1 Å². The molecule has 1 saturated heterocycles. The lowest BCUT2D eigenvalue weighted by Crippen LogP contribution is -2.52. The number of hydrogen-bond acceptors (Lipinski definition) is 6. The molecule has 1 aromatic carbocycles. The number of benzene rings is 1. The van der Waals surface area contributed by atoms with Gasteiger partial charge in [-0.1, -0.05) is 41.9 Å². The number of aliphatic hydroxyl groups is 3. The van der Waals surface area contributed by atoms with E-state index in [4.69, 9.17) is 11.6 Å². The van der Waals surface area contributed by atoms with Crippen LogP contribution in [0.5, 0.6) is 0 Å². The van der Waals surface area contributed by atoms with Gasteiger partial charge in [0.25, 0.3) is 11.8 Å². The van der Waals surface area contributed by atoms with Crippen LogP contribution in [0.2, 0.25) is 5.02 Å². The minimum atomic E-state index is -1.55. The van der Waals surface area contributed by atoms with Crippen molar-refractivity contribution in [2.45, 2.75) is 30.8 Å². The van der Waals surface area contributed by atoms with Crippen LogP contribution in [0.4, 0.5) is 0 Å². The molecular formula is C21H22ClN3O5S. The molecule has 0 bridgehead atoms. The second-order valence-electron chi connectivity index (χ2n) is 7.60. The molecule has 1 fully saturated rings. The summed E-state index contributed by atoms with van der Waals surface area (Å²) in [6.45, 7) is -0.150. The molecule has 31 heavy (non-hydrogen) atoms. The summed E-state index contributed by atoms with van der Waals surface area (Å²) in [6, 6.07) is 9.93. The first kappa shape index (κ1) is 21.8. The van der Waals surface area contributed by atoms with Gasteiger partial charge in [-0.2, -0.15) is 0 Å². The molecule has 5 N–H and O–H groups in total. The second kappa shape index (κ2) is 8.97. The number of amides is 2. The van der Waals surface area contributed by atoms with Gasteiger partial charge < -0.3 is 30.5 Å². The zero-order valence-electron chi connectivity index (χ0n) is 16.4. The predicted octanol–water partition coefficient (Wildman–Crippen LogP) is 1.15. The quantitative estimate of drug-likeness (QED) is 0.375. The van der Waals surface area contributed by atoms with E-state index in [9.17, 15) is 24.9 Å². The summed E-state index contributed by atoms with van der Waals surface area (Å²) in [5.74, 6) is -1.14. The minimum Gasteiger partial charge on any atom is -0.388 e. The lowest BCUT2D eigenvalue weighted by molar-refractivity contribution is -0.141. The van der Waals surface area contributed by atoms with E-state index in [1.807, 2.05) is 30.3 Å². The van der Waals surface area contributed by atoms with Gasteiger partial charge in [0.15, 0.2) is 6.10 Å². The van der Waals surface area contributed by atoms with Crippen molar-refractivity contribution in [3.63, 3.8) is 0 Å². The number of thiophene rings is 1. The van der Waals surface area contributed by atoms with Crippen LogP contribution in [0.1, 0.15) is 16.1 Å². The topological polar surface area (TPSA) is 126 Å². The first-order chi connectivity index (χ1) is 14.8. The molecule has 164 valence electrons. The van der Waals surface area contributed by atoms with Crippen LogP contribution in [0.25, 0.3) is 10.2 Å². The third kappa shape index (κ3) is 4.60. The van der Waals surface area contributed by atoms with Crippen molar-refractivity contribution >= 4 is 45.0 Å². The fourth-order valence-electron chi connectivity index (χ4n) is 3.67. The van der Waals surface area contributed by atoms with E-state index in [0.29, 0.717) is 10.5 Å². The number of rotatable bonds is 6. The van der Waals surface area contributed by atoms with Gasteiger partial charge in [-0.25, -0.2) is 0 Å². The number of carbonyl (C=O) groups is 2. The van der Waals surface area contributed by atoms with Gasteiger partial charge >= 0.3 is 0 Å². The summed E-state index contributed by atoms with van der Waals surface area (Å²) < 4.78 is 0.825. The number of H-pyrrole nitrogens is 1. The minimum absolute atomic E-state index is 0.0749. The van der Waals surface area contributed by atoms with Gasteiger partial charge in [-0.3, -0.25) is 9.59 Å². The second-order valence-corrected chi connectivity index (χ2v) is 8.92. The average Bonchev–Trinajstić information content (AvgIpc) is 3.43. The summed E-state index contributed by atoms with van der Waals surface area (Å²) >= 11 is 7.51. The number of aliphatic hydroxyl groups excluding tert-OH is 3. The van der Waals surface area contributed by atoms with Crippen molar-refractivity contribution in [3.8, 4) is 0 Å². The molecular weight excluding hydrogens is 442 g/mol. The number of carbonyl (C=O) groups excluding carboxylic acids is 2. The Bertz CT molecular complexity index is 1080. The van der Waals surface area contributed by atoms with Crippen molar-refractivity contribution in [1.29, 1.82) is 0 Å². The number of halogens is 1. The monoisotopic (exact) mass is 463 g/mol. The van der Waals surface area contributed by atoms with Crippen LogP contribution in [-0.4, -0.2) is 74.5 Å². The summed E-state index contributed by atoms with van der Waals surface area (Å²) in [6.07, 6.45) is -3.46. The third-order valence-electron chi connectivity index (χ3n) is 5.37. The highest BCUT2D eigenvalue weighted by Gasteiger charge is 2.38. The van der Waals surface area contributed by atoms with Gasteiger partial charge in [0.2, 0.25) is 0 Å². The number of aromatic nitrogens is 1. The normalized spacial score (nSPS) is 20.7. The maximum Gasteiger partial charge on any atom is 0.268 e. The summed E-state index contributed by atoms with van der Waals surface area (Å²) in [7, 11) is 0. The molecule has 1 aliphatic heterocycles. The Morgan fingerprint density at radius 3 is 2.55 bits per heavy atom. The Morgan fingerprint density at radius 2 is 1.90 bits per heavy atom. The highest BCUT2D eigenvalue weighted by molar-refractivity contribution is 7.17. The fourth-order valence-corrected chi connectivity index (χ4v) is 4.82. The van der Waals surface area contributed by atoms with Crippen LogP contribution < -0.4 is 5.32 Å². The Kier molecular flexibility index (Phi) is 6.31. The Hall–Kier alpha value is -2.43. The van der Waals surface area contributed by atoms with Gasteiger partial charge in [-0.15, -0.1) is 11.3 Å². The van der Waals surface area contributed by atoms with E-state index in [1.54, 1.807) is 11.4 Å². The maximum absolute atomic E-state index is 12.9. The Morgan fingerprint density at radius 1 is 1.23 bits per heavy atom. The molecule has 8 nitrogen and oxygen atoms in total. The zero-order chi connectivity index (χ0) is 22.1. The molecule has 1 aliphatic rings. The highest BCUT2D eigenvalue weighted by Crippen LogP contribution is 2.30.